The number of ether oxygens (including phenoxy) is 2. The lowest BCUT2D eigenvalue weighted by Gasteiger charge is -2.12. The fourth-order valence-electron chi connectivity index (χ4n) is 2.57. The second-order valence-electron chi connectivity index (χ2n) is 5.99. The highest BCUT2D eigenvalue weighted by molar-refractivity contribution is 14.0. The van der Waals surface area contributed by atoms with Crippen molar-refractivity contribution in [3.05, 3.63) is 29.0 Å². The summed E-state index contributed by atoms with van der Waals surface area (Å²) in [5, 5.41) is 7.11. The second kappa shape index (κ2) is 14.4. The van der Waals surface area contributed by atoms with Crippen molar-refractivity contribution in [3.8, 4) is 0 Å². The van der Waals surface area contributed by atoms with E-state index in [1.165, 1.54) is 0 Å². The van der Waals surface area contributed by atoms with E-state index in [0.717, 1.165) is 70.1 Å². The zero-order valence-corrected chi connectivity index (χ0v) is 18.5. The number of rotatable bonds is 10. The largest absolute Gasteiger partial charge is 0.379 e. The fourth-order valence-corrected chi connectivity index (χ4v) is 2.68. The van der Waals surface area contributed by atoms with Gasteiger partial charge < -0.3 is 20.1 Å². The van der Waals surface area contributed by atoms with Crippen LogP contribution in [0.5, 0.6) is 0 Å². The summed E-state index contributed by atoms with van der Waals surface area (Å²) in [6, 6.07) is 3.80. The van der Waals surface area contributed by atoms with Gasteiger partial charge in [0.25, 0.3) is 0 Å². The van der Waals surface area contributed by atoms with Crippen LogP contribution in [0.2, 0.25) is 5.15 Å². The van der Waals surface area contributed by atoms with Gasteiger partial charge in [-0.25, -0.2) is 4.98 Å². The van der Waals surface area contributed by atoms with Gasteiger partial charge in [0.2, 0.25) is 0 Å². The van der Waals surface area contributed by atoms with Crippen LogP contribution in [0.1, 0.15) is 31.7 Å². The Morgan fingerprint density at radius 1 is 1.42 bits per heavy atom. The molecule has 0 amide bonds. The lowest BCUT2D eigenvalue weighted by Crippen LogP contribution is -2.38. The molecule has 1 aromatic rings. The number of aliphatic imine (C=N–C) groups is 1. The molecule has 0 aliphatic carbocycles. The van der Waals surface area contributed by atoms with Crippen LogP contribution in [0, 0.1) is 0 Å². The van der Waals surface area contributed by atoms with Gasteiger partial charge in [-0.2, -0.15) is 0 Å². The van der Waals surface area contributed by atoms with Crippen LogP contribution in [-0.4, -0.2) is 56.5 Å². The Bertz CT molecular complexity index is 510. The van der Waals surface area contributed by atoms with Gasteiger partial charge in [-0.05, 0) is 44.2 Å². The third-order valence-corrected chi connectivity index (χ3v) is 4.11. The minimum atomic E-state index is 0. The van der Waals surface area contributed by atoms with Crippen molar-refractivity contribution < 1.29 is 9.47 Å². The Morgan fingerprint density at radius 2 is 2.31 bits per heavy atom. The molecule has 148 valence electrons. The predicted octanol–water partition coefficient (Wildman–Crippen LogP) is 3.04. The maximum atomic E-state index is 5.79. The van der Waals surface area contributed by atoms with Crippen LogP contribution in [-0.2, 0) is 15.9 Å². The number of hydrogen-bond donors (Lipinski definition) is 2. The highest BCUT2D eigenvalue weighted by Crippen LogP contribution is 2.11. The number of aromatic nitrogens is 1. The molecule has 1 saturated heterocycles. The van der Waals surface area contributed by atoms with Crippen molar-refractivity contribution in [1.29, 1.82) is 0 Å². The van der Waals surface area contributed by atoms with Gasteiger partial charge in [0.05, 0.1) is 12.7 Å². The summed E-state index contributed by atoms with van der Waals surface area (Å²) in [6.07, 6.45) is 6.16. The number of nitrogens with one attached hydrogen (secondary N) is 2. The Kier molecular flexibility index (Phi) is 13.0. The zero-order chi connectivity index (χ0) is 17.7. The van der Waals surface area contributed by atoms with Crippen molar-refractivity contribution in [2.24, 2.45) is 4.99 Å². The monoisotopic (exact) mass is 496 g/mol. The molecule has 1 aliphatic heterocycles. The molecule has 1 aromatic heterocycles. The Hall–Kier alpha value is -0.640. The Labute approximate surface area is 178 Å². The maximum Gasteiger partial charge on any atom is 0.191 e. The molecule has 26 heavy (non-hydrogen) atoms. The van der Waals surface area contributed by atoms with Gasteiger partial charge in [-0.1, -0.05) is 17.7 Å². The van der Waals surface area contributed by atoms with Crippen LogP contribution in [0.25, 0.3) is 0 Å². The smallest absolute Gasteiger partial charge is 0.191 e. The van der Waals surface area contributed by atoms with Crippen molar-refractivity contribution in [3.63, 3.8) is 0 Å². The maximum absolute atomic E-state index is 5.79. The summed E-state index contributed by atoms with van der Waals surface area (Å²) in [5.74, 6) is 0.837. The summed E-state index contributed by atoms with van der Waals surface area (Å²) < 4.78 is 11.2. The molecule has 0 saturated carbocycles. The molecule has 0 radical (unpaired) electrons. The van der Waals surface area contributed by atoms with Crippen molar-refractivity contribution in [2.75, 3.05) is 39.5 Å². The van der Waals surface area contributed by atoms with Gasteiger partial charge in [0.1, 0.15) is 5.15 Å². The lowest BCUT2D eigenvalue weighted by molar-refractivity contribution is 0.0171. The number of pyridine rings is 1. The molecule has 1 aliphatic rings. The second-order valence-corrected chi connectivity index (χ2v) is 6.38. The van der Waals surface area contributed by atoms with Gasteiger partial charge >= 0.3 is 0 Å². The zero-order valence-electron chi connectivity index (χ0n) is 15.4. The highest BCUT2D eigenvalue weighted by atomic mass is 127. The van der Waals surface area contributed by atoms with Crippen molar-refractivity contribution in [2.45, 2.75) is 38.7 Å². The molecule has 2 N–H and O–H groups in total. The summed E-state index contributed by atoms with van der Waals surface area (Å²) in [7, 11) is 0. The molecule has 2 heterocycles. The lowest BCUT2D eigenvalue weighted by atomic mass is 10.2. The van der Waals surface area contributed by atoms with Crippen molar-refractivity contribution in [1.82, 2.24) is 15.6 Å². The van der Waals surface area contributed by atoms with E-state index >= 15 is 0 Å². The normalized spacial score (nSPS) is 17.0. The average molecular weight is 497 g/mol. The van der Waals surface area contributed by atoms with E-state index in [4.69, 9.17) is 21.1 Å². The molecular formula is C18H30ClIN4O2. The molecule has 1 fully saturated rings. The van der Waals surface area contributed by atoms with Crippen molar-refractivity contribution >= 4 is 41.5 Å². The quantitative estimate of drug-likeness (QED) is 0.171. The molecule has 8 heteroatoms. The van der Waals surface area contributed by atoms with Gasteiger partial charge in [0.15, 0.2) is 5.96 Å². The number of hydrogen-bond acceptors (Lipinski definition) is 4. The van der Waals surface area contributed by atoms with E-state index in [1.807, 2.05) is 12.1 Å². The van der Waals surface area contributed by atoms with Crippen LogP contribution >= 0.6 is 35.6 Å². The van der Waals surface area contributed by atoms with Gasteiger partial charge in [-0.3, -0.25) is 4.99 Å². The van der Waals surface area contributed by atoms with E-state index in [-0.39, 0.29) is 24.0 Å². The fraction of sp³-hybridized carbons (Fsp3) is 0.667. The van der Waals surface area contributed by atoms with Crippen LogP contribution in [0.15, 0.2) is 23.3 Å². The van der Waals surface area contributed by atoms with Crippen LogP contribution in [0.4, 0.5) is 0 Å². The predicted molar refractivity (Wildman–Crippen MR) is 117 cm³/mol. The highest BCUT2D eigenvalue weighted by Gasteiger charge is 2.14. The number of guanidine groups is 1. The van der Waals surface area contributed by atoms with E-state index in [9.17, 15) is 0 Å². The third-order valence-electron chi connectivity index (χ3n) is 3.88. The van der Waals surface area contributed by atoms with E-state index < -0.39 is 0 Å². The third kappa shape index (κ3) is 9.89. The summed E-state index contributed by atoms with van der Waals surface area (Å²) in [6.45, 7) is 6.74. The molecule has 0 aromatic carbocycles. The molecule has 0 spiro atoms. The standard InChI is InChI=1S/C18H29ClN4O2.HI/c1-2-20-18(22-10-8-15-6-7-17(19)23-13-15)21-9-4-11-24-14-16-5-3-12-25-16;/h6-7,13,16H,2-5,8-12,14H2,1H3,(H2,20,21,22);1H. The average Bonchev–Trinajstić information content (AvgIpc) is 3.13. The molecule has 2 rings (SSSR count). The first-order chi connectivity index (χ1) is 12.3. The number of halogens is 2. The Balaban J connectivity index is 0.00000338. The number of nitrogens with zero attached hydrogens (tertiary/aromatic N) is 2. The van der Waals surface area contributed by atoms with Crippen LogP contribution < -0.4 is 10.6 Å². The van der Waals surface area contributed by atoms with E-state index in [2.05, 4.69) is 27.5 Å². The minimum absolute atomic E-state index is 0. The summed E-state index contributed by atoms with van der Waals surface area (Å²) in [5.41, 5.74) is 1.15. The summed E-state index contributed by atoms with van der Waals surface area (Å²) in [4.78, 5) is 8.66. The minimum Gasteiger partial charge on any atom is -0.379 e. The van der Waals surface area contributed by atoms with Gasteiger partial charge in [-0.15, -0.1) is 24.0 Å². The van der Waals surface area contributed by atoms with E-state index in [0.29, 0.717) is 17.9 Å². The first-order valence-electron chi connectivity index (χ1n) is 9.10. The molecule has 1 atom stereocenters. The van der Waals surface area contributed by atoms with Crippen LogP contribution in [0.3, 0.4) is 0 Å². The topological polar surface area (TPSA) is 67.8 Å². The van der Waals surface area contributed by atoms with Gasteiger partial charge in [0, 0.05) is 39.0 Å². The van der Waals surface area contributed by atoms with E-state index in [1.54, 1.807) is 6.20 Å². The molecule has 1 unspecified atom stereocenters. The first kappa shape index (κ1) is 23.4. The SMILES string of the molecule is CCNC(=NCCCOCC1CCCO1)NCCc1ccc(Cl)nc1.I. The summed E-state index contributed by atoms with van der Waals surface area (Å²) >= 11 is 5.79. The molecule has 0 bridgehead atoms. The first-order valence-corrected chi connectivity index (χ1v) is 9.47. The molecule has 6 nitrogen and oxygen atoms in total. The Morgan fingerprint density at radius 3 is 3.00 bits per heavy atom. The molecular weight excluding hydrogens is 467 g/mol.